The molecule has 180 valence electrons. The number of piperidine rings is 1. The van der Waals surface area contributed by atoms with E-state index in [1.807, 2.05) is 0 Å². The van der Waals surface area contributed by atoms with Crippen LogP contribution in [-0.2, 0) is 18.8 Å². The van der Waals surface area contributed by atoms with E-state index in [0.29, 0.717) is 0 Å². The summed E-state index contributed by atoms with van der Waals surface area (Å²) in [5.41, 5.74) is 3.80. The van der Waals surface area contributed by atoms with Crippen molar-refractivity contribution >= 4 is 26.2 Å². The van der Waals surface area contributed by atoms with E-state index >= 15 is 0 Å². The Hall–Kier alpha value is -1.65. The van der Waals surface area contributed by atoms with Gasteiger partial charge in [0.1, 0.15) is 11.6 Å². The normalized spacial score (nSPS) is 18.3. The predicted octanol–water partition coefficient (Wildman–Crippen LogP) is 1.99. The molecule has 0 aromatic carbocycles. The van der Waals surface area contributed by atoms with Crippen molar-refractivity contribution in [3.63, 3.8) is 0 Å². The molecule has 3 amide bonds. The van der Waals surface area contributed by atoms with Crippen LogP contribution < -0.4 is 11.1 Å². The number of aliphatic hydroxyl groups excluding tert-OH is 1. The molecule has 0 spiro atoms. The van der Waals surface area contributed by atoms with Crippen LogP contribution in [0.2, 0.25) is 18.1 Å². The van der Waals surface area contributed by atoms with Gasteiger partial charge in [0, 0.05) is 13.1 Å². The van der Waals surface area contributed by atoms with Gasteiger partial charge in [0.2, 0.25) is 11.8 Å². The summed E-state index contributed by atoms with van der Waals surface area (Å²) in [6.07, 6.45) is 0.0592. The Bertz CT molecular complexity index is 661. The number of nitrogens with one attached hydrogen (secondary N) is 1. The van der Waals surface area contributed by atoms with E-state index in [-0.39, 0.29) is 37.6 Å². The maximum atomic E-state index is 13.0. The molecule has 0 unspecified atom stereocenters. The monoisotopic (exact) mass is 459 g/mol. The number of ether oxygens (including phenoxy) is 1. The maximum Gasteiger partial charge on any atom is 0.410 e. The fourth-order valence-electron chi connectivity index (χ4n) is 2.92. The second kappa shape index (κ2) is 9.87. The van der Waals surface area contributed by atoms with Crippen LogP contribution >= 0.6 is 0 Å². The van der Waals surface area contributed by atoms with Gasteiger partial charge in [-0.1, -0.05) is 20.8 Å². The first kappa shape index (κ1) is 27.4. The highest BCUT2D eigenvalue weighted by atomic mass is 28.4. The number of aliphatic hydroxyl groups is 1. The average Bonchev–Trinajstić information content (AvgIpc) is 2.62. The summed E-state index contributed by atoms with van der Waals surface area (Å²) in [5, 5.41) is 12.6. The zero-order chi connectivity index (χ0) is 24.3. The number of likely N-dealkylation sites (tertiary alicyclic amines) is 1. The van der Waals surface area contributed by atoms with Gasteiger partial charge in [-0.15, -0.1) is 0 Å². The van der Waals surface area contributed by atoms with E-state index in [9.17, 15) is 19.5 Å². The molecule has 10 heteroatoms. The van der Waals surface area contributed by atoms with Crippen molar-refractivity contribution < 1.29 is 28.7 Å². The maximum absolute atomic E-state index is 13.0. The molecular formula is C21H41N3O6Si. The third-order valence-electron chi connectivity index (χ3n) is 6.22. The molecular weight excluding hydrogens is 418 g/mol. The molecule has 0 aliphatic carbocycles. The van der Waals surface area contributed by atoms with Crippen LogP contribution in [0.3, 0.4) is 0 Å². The minimum absolute atomic E-state index is 0.0108. The molecule has 1 fully saturated rings. The van der Waals surface area contributed by atoms with Crippen molar-refractivity contribution in [1.82, 2.24) is 10.2 Å². The SMILES string of the molecule is CC(C)(C)OC(=O)N1CCC(CO)(C(=O)N[C@@H](CO[Si](C)(C)C(C)(C)C)C(N)=O)CC1. The number of carbonyl (C=O) groups is 3. The van der Waals surface area contributed by atoms with Crippen LogP contribution in [-0.4, -0.2) is 74.2 Å². The summed E-state index contributed by atoms with van der Waals surface area (Å²) in [6, 6.07) is -0.992. The van der Waals surface area contributed by atoms with Crippen LogP contribution in [0.4, 0.5) is 4.79 Å². The molecule has 1 atom stereocenters. The van der Waals surface area contributed by atoms with Gasteiger partial charge < -0.3 is 30.2 Å². The third kappa shape index (κ3) is 7.46. The fraction of sp³-hybridized carbons (Fsp3) is 0.857. The van der Waals surface area contributed by atoms with Crippen LogP contribution in [0.1, 0.15) is 54.4 Å². The molecule has 0 saturated carbocycles. The lowest BCUT2D eigenvalue weighted by Gasteiger charge is -2.40. The molecule has 0 radical (unpaired) electrons. The topological polar surface area (TPSA) is 131 Å². The van der Waals surface area contributed by atoms with E-state index in [4.69, 9.17) is 14.9 Å². The number of nitrogens with zero attached hydrogens (tertiary/aromatic N) is 1. The van der Waals surface area contributed by atoms with Gasteiger partial charge >= 0.3 is 6.09 Å². The lowest BCUT2D eigenvalue weighted by Crippen LogP contribution is -2.58. The predicted molar refractivity (Wildman–Crippen MR) is 121 cm³/mol. The van der Waals surface area contributed by atoms with Crippen molar-refractivity contribution in [2.24, 2.45) is 11.1 Å². The summed E-state index contributed by atoms with van der Waals surface area (Å²) in [6.45, 7) is 15.8. The van der Waals surface area contributed by atoms with Crippen molar-refractivity contribution in [3.05, 3.63) is 0 Å². The molecule has 1 aliphatic rings. The molecule has 0 aromatic rings. The van der Waals surface area contributed by atoms with Gasteiger partial charge in [0.05, 0.1) is 18.6 Å². The van der Waals surface area contributed by atoms with Gasteiger partial charge in [0.25, 0.3) is 0 Å². The number of rotatable bonds is 7. The molecule has 31 heavy (non-hydrogen) atoms. The largest absolute Gasteiger partial charge is 0.444 e. The molecule has 9 nitrogen and oxygen atoms in total. The van der Waals surface area contributed by atoms with Gasteiger partial charge in [0.15, 0.2) is 8.32 Å². The summed E-state index contributed by atoms with van der Waals surface area (Å²) >= 11 is 0. The molecule has 0 bridgehead atoms. The minimum Gasteiger partial charge on any atom is -0.444 e. The van der Waals surface area contributed by atoms with Gasteiger partial charge in [-0.05, 0) is 51.7 Å². The highest BCUT2D eigenvalue weighted by Crippen LogP contribution is 2.37. The second-order valence-corrected chi connectivity index (χ2v) is 15.7. The Morgan fingerprint density at radius 1 is 1.13 bits per heavy atom. The Balaban J connectivity index is 2.80. The zero-order valence-electron chi connectivity index (χ0n) is 20.3. The van der Waals surface area contributed by atoms with Crippen molar-refractivity contribution in [2.45, 2.75) is 84.2 Å². The first-order valence-electron chi connectivity index (χ1n) is 10.8. The smallest absolute Gasteiger partial charge is 0.410 e. The third-order valence-corrected chi connectivity index (χ3v) is 10.7. The Labute approximate surface area is 187 Å². The number of carbonyl (C=O) groups excluding carboxylic acids is 3. The number of hydrogen-bond acceptors (Lipinski definition) is 6. The molecule has 0 aromatic heterocycles. The van der Waals surface area contributed by atoms with Crippen LogP contribution in [0.5, 0.6) is 0 Å². The lowest BCUT2D eigenvalue weighted by atomic mass is 9.78. The fourth-order valence-corrected chi connectivity index (χ4v) is 3.93. The first-order chi connectivity index (χ1) is 13.9. The number of hydrogen-bond donors (Lipinski definition) is 3. The molecule has 1 saturated heterocycles. The van der Waals surface area contributed by atoms with Crippen LogP contribution in [0.25, 0.3) is 0 Å². The lowest BCUT2D eigenvalue weighted by molar-refractivity contribution is -0.140. The van der Waals surface area contributed by atoms with E-state index in [2.05, 4.69) is 39.2 Å². The zero-order valence-corrected chi connectivity index (χ0v) is 21.3. The van der Waals surface area contributed by atoms with Crippen molar-refractivity contribution in [2.75, 3.05) is 26.3 Å². The van der Waals surface area contributed by atoms with Gasteiger partial charge in [-0.25, -0.2) is 4.79 Å². The van der Waals surface area contributed by atoms with E-state index in [1.54, 1.807) is 20.8 Å². The quantitative estimate of drug-likeness (QED) is 0.499. The van der Waals surface area contributed by atoms with E-state index < -0.39 is 49.9 Å². The average molecular weight is 460 g/mol. The molecule has 1 aliphatic heterocycles. The minimum atomic E-state index is -2.14. The Kier molecular flexibility index (Phi) is 8.72. The van der Waals surface area contributed by atoms with E-state index in [0.717, 1.165) is 0 Å². The molecule has 1 rings (SSSR count). The summed E-state index contributed by atoms with van der Waals surface area (Å²) < 4.78 is 11.4. The van der Waals surface area contributed by atoms with Gasteiger partial charge in [-0.2, -0.15) is 0 Å². The first-order valence-corrected chi connectivity index (χ1v) is 13.7. The Morgan fingerprint density at radius 2 is 1.65 bits per heavy atom. The second-order valence-electron chi connectivity index (χ2n) is 10.9. The summed E-state index contributed by atoms with van der Waals surface area (Å²) in [7, 11) is -2.14. The number of amides is 3. The molecule has 4 N–H and O–H groups in total. The summed E-state index contributed by atoms with van der Waals surface area (Å²) in [5.74, 6) is -1.15. The van der Waals surface area contributed by atoms with Crippen molar-refractivity contribution in [3.8, 4) is 0 Å². The standard InChI is InChI=1S/C21H41N3O6Si/c1-19(2,3)30-18(28)24-11-9-21(14-25,10-12-24)17(27)23-15(16(22)26)13-29-31(7,8)20(4,5)6/h15,25H,9-14H2,1-8H3,(H2,22,26)(H,23,27)/t15-/m0/s1. The molecule has 1 heterocycles. The van der Waals surface area contributed by atoms with E-state index in [1.165, 1.54) is 4.90 Å². The van der Waals surface area contributed by atoms with Crippen molar-refractivity contribution in [1.29, 1.82) is 0 Å². The Morgan fingerprint density at radius 3 is 2.03 bits per heavy atom. The highest BCUT2D eigenvalue weighted by Gasteiger charge is 2.44. The van der Waals surface area contributed by atoms with Crippen LogP contribution in [0.15, 0.2) is 0 Å². The number of nitrogens with two attached hydrogens (primary N) is 1. The van der Waals surface area contributed by atoms with Crippen LogP contribution in [0, 0.1) is 5.41 Å². The number of primary amides is 1. The van der Waals surface area contributed by atoms with Gasteiger partial charge in [-0.3, -0.25) is 9.59 Å². The summed E-state index contributed by atoms with van der Waals surface area (Å²) in [4.78, 5) is 38.8. The highest BCUT2D eigenvalue weighted by molar-refractivity contribution is 6.74.